The Hall–Kier alpha value is -4.46. The van der Waals surface area contributed by atoms with E-state index in [9.17, 15) is 0 Å². The Morgan fingerprint density at radius 3 is 2.27 bits per heavy atom. The third-order valence-corrected chi connectivity index (χ3v) is 5.01. The molecule has 8 nitrogen and oxygen atoms in total. The molecule has 142 valence electrons. The van der Waals surface area contributed by atoms with Crippen molar-refractivity contribution in [3.05, 3.63) is 73.6 Å². The molecule has 0 aliphatic rings. The van der Waals surface area contributed by atoms with Crippen molar-refractivity contribution in [1.82, 2.24) is 40.1 Å². The first-order chi connectivity index (χ1) is 14.9. The summed E-state index contributed by atoms with van der Waals surface area (Å²) in [6.07, 6.45) is 10.6. The largest absolute Gasteiger partial charge is 0.336 e. The predicted molar refractivity (Wildman–Crippen MR) is 113 cm³/mol. The topological polar surface area (TPSA) is 109 Å². The van der Waals surface area contributed by atoms with Crippen LogP contribution in [0.25, 0.3) is 56.0 Å². The van der Waals surface area contributed by atoms with Crippen LogP contribution in [0.4, 0.5) is 0 Å². The second kappa shape index (κ2) is 6.56. The monoisotopic (exact) mass is 390 g/mol. The summed E-state index contributed by atoms with van der Waals surface area (Å²) in [5.74, 6) is 0.660. The van der Waals surface area contributed by atoms with Crippen LogP contribution < -0.4 is 0 Å². The molecule has 0 bridgehead atoms. The fraction of sp³-hybridized carbons (Fsp3) is 0. The maximum atomic E-state index is 4.83. The lowest BCUT2D eigenvalue weighted by Crippen LogP contribution is -1.86. The van der Waals surface area contributed by atoms with Gasteiger partial charge in [-0.05, 0) is 42.0 Å². The third kappa shape index (κ3) is 2.62. The Labute approximate surface area is 170 Å². The molecular formula is C22H14N8. The molecule has 0 aliphatic carbocycles. The number of fused-ring (bicyclic) bond motifs is 2. The highest BCUT2D eigenvalue weighted by Gasteiger charge is 2.16. The van der Waals surface area contributed by atoms with Crippen LogP contribution in [0.1, 0.15) is 0 Å². The molecule has 6 rings (SSSR count). The van der Waals surface area contributed by atoms with Crippen molar-refractivity contribution in [2.24, 2.45) is 0 Å². The summed E-state index contributed by atoms with van der Waals surface area (Å²) < 4.78 is 0. The molecule has 6 aromatic heterocycles. The van der Waals surface area contributed by atoms with E-state index in [1.807, 2.05) is 36.5 Å². The number of imidazole rings is 1. The summed E-state index contributed by atoms with van der Waals surface area (Å²) >= 11 is 0. The number of nitrogens with zero attached hydrogens (tertiary/aromatic N) is 6. The molecule has 0 spiro atoms. The fourth-order valence-electron chi connectivity index (χ4n) is 3.55. The van der Waals surface area contributed by atoms with Gasteiger partial charge in [0, 0.05) is 48.3 Å². The number of aromatic amines is 2. The van der Waals surface area contributed by atoms with Crippen molar-refractivity contribution in [2.45, 2.75) is 0 Å². The number of H-pyrrole nitrogens is 2. The molecule has 0 saturated carbocycles. The number of hydrogen-bond donors (Lipinski definition) is 2. The van der Waals surface area contributed by atoms with E-state index in [-0.39, 0.29) is 0 Å². The van der Waals surface area contributed by atoms with Gasteiger partial charge in [-0.25, -0.2) is 9.97 Å². The molecule has 0 unspecified atom stereocenters. The normalized spacial score (nSPS) is 11.3. The van der Waals surface area contributed by atoms with Crippen LogP contribution in [0, 0.1) is 0 Å². The zero-order chi connectivity index (χ0) is 19.9. The molecule has 8 heteroatoms. The summed E-state index contributed by atoms with van der Waals surface area (Å²) in [5.41, 5.74) is 6.88. The lowest BCUT2D eigenvalue weighted by atomic mass is 10.1. The average molecular weight is 390 g/mol. The Balaban J connectivity index is 1.52. The van der Waals surface area contributed by atoms with Crippen LogP contribution in [0.3, 0.4) is 0 Å². The molecule has 0 radical (unpaired) electrons. The van der Waals surface area contributed by atoms with Crippen molar-refractivity contribution in [1.29, 1.82) is 0 Å². The van der Waals surface area contributed by atoms with Gasteiger partial charge in [0.1, 0.15) is 11.2 Å². The van der Waals surface area contributed by atoms with Crippen molar-refractivity contribution in [2.75, 3.05) is 0 Å². The SMILES string of the molecule is c1cc(-c2cnc3[nH]nc(-c4nc5c(-c6ccncc6)nccc5[nH]4)c3c2)ccn1. The number of aromatic nitrogens is 8. The number of pyridine rings is 4. The molecule has 6 aromatic rings. The van der Waals surface area contributed by atoms with Crippen molar-refractivity contribution >= 4 is 22.1 Å². The first-order valence-electron chi connectivity index (χ1n) is 9.37. The zero-order valence-corrected chi connectivity index (χ0v) is 15.6. The van der Waals surface area contributed by atoms with Crippen LogP contribution in [-0.4, -0.2) is 40.1 Å². The van der Waals surface area contributed by atoms with Crippen LogP contribution >= 0.6 is 0 Å². The second-order valence-electron chi connectivity index (χ2n) is 6.81. The van der Waals surface area contributed by atoms with Gasteiger partial charge in [0.2, 0.25) is 0 Å². The van der Waals surface area contributed by atoms with Crippen molar-refractivity contribution in [3.8, 4) is 33.9 Å². The Bertz CT molecular complexity index is 1490. The summed E-state index contributed by atoms with van der Waals surface area (Å²) in [4.78, 5) is 25.4. The second-order valence-corrected chi connectivity index (χ2v) is 6.81. The van der Waals surface area contributed by atoms with E-state index in [1.165, 1.54) is 0 Å². The minimum atomic E-state index is 0.660. The summed E-state index contributed by atoms with van der Waals surface area (Å²) in [5, 5.41) is 8.36. The van der Waals surface area contributed by atoms with E-state index in [0.717, 1.165) is 38.8 Å². The summed E-state index contributed by atoms with van der Waals surface area (Å²) in [6.45, 7) is 0. The van der Waals surface area contributed by atoms with Gasteiger partial charge in [-0.2, -0.15) is 5.10 Å². The Morgan fingerprint density at radius 1 is 0.700 bits per heavy atom. The van der Waals surface area contributed by atoms with E-state index in [2.05, 4.69) is 41.2 Å². The molecular weight excluding hydrogens is 376 g/mol. The van der Waals surface area contributed by atoms with Gasteiger partial charge in [-0.3, -0.25) is 20.1 Å². The maximum absolute atomic E-state index is 4.83. The third-order valence-electron chi connectivity index (χ3n) is 5.01. The van der Waals surface area contributed by atoms with Crippen LogP contribution in [0.15, 0.2) is 73.6 Å². The number of rotatable bonds is 3. The smallest absolute Gasteiger partial charge is 0.159 e. The number of nitrogens with one attached hydrogen (secondary N) is 2. The molecule has 0 fully saturated rings. The molecule has 0 saturated heterocycles. The van der Waals surface area contributed by atoms with Gasteiger partial charge in [-0.15, -0.1) is 0 Å². The highest BCUT2D eigenvalue weighted by atomic mass is 15.2. The van der Waals surface area contributed by atoms with E-state index in [4.69, 9.17) is 4.98 Å². The molecule has 30 heavy (non-hydrogen) atoms. The Morgan fingerprint density at radius 2 is 1.47 bits per heavy atom. The summed E-state index contributed by atoms with van der Waals surface area (Å²) in [6, 6.07) is 11.7. The molecule has 0 atom stereocenters. The lowest BCUT2D eigenvalue weighted by molar-refractivity contribution is 1.09. The van der Waals surface area contributed by atoms with Crippen LogP contribution in [-0.2, 0) is 0 Å². The van der Waals surface area contributed by atoms with Gasteiger partial charge in [-0.1, -0.05) is 0 Å². The minimum absolute atomic E-state index is 0.660. The van der Waals surface area contributed by atoms with Gasteiger partial charge in [0.05, 0.1) is 16.6 Å². The van der Waals surface area contributed by atoms with Crippen molar-refractivity contribution in [3.63, 3.8) is 0 Å². The highest BCUT2D eigenvalue weighted by Crippen LogP contribution is 2.31. The first kappa shape index (κ1) is 16.5. The van der Waals surface area contributed by atoms with E-state index >= 15 is 0 Å². The molecule has 6 heterocycles. The minimum Gasteiger partial charge on any atom is -0.336 e. The van der Waals surface area contributed by atoms with E-state index < -0.39 is 0 Å². The molecule has 0 aliphatic heterocycles. The van der Waals surface area contributed by atoms with Gasteiger partial charge in [0.25, 0.3) is 0 Å². The standard InChI is InChI=1S/C22H14N8/c1-6-23-7-2-13(1)15-11-16-19(29-30-21(16)26-12-15)22-27-17-5-10-25-18(20(17)28-22)14-3-8-24-9-4-14/h1-12H,(H,27,28)(H,26,29,30). The number of hydrogen-bond acceptors (Lipinski definition) is 6. The fourth-order valence-corrected chi connectivity index (χ4v) is 3.55. The first-order valence-corrected chi connectivity index (χ1v) is 9.37. The van der Waals surface area contributed by atoms with Crippen molar-refractivity contribution < 1.29 is 0 Å². The zero-order valence-electron chi connectivity index (χ0n) is 15.6. The molecule has 2 N–H and O–H groups in total. The summed E-state index contributed by atoms with van der Waals surface area (Å²) in [7, 11) is 0. The van der Waals surface area contributed by atoms with Crippen LogP contribution in [0.2, 0.25) is 0 Å². The Kier molecular flexibility index (Phi) is 3.60. The van der Waals surface area contributed by atoms with E-state index in [0.29, 0.717) is 17.2 Å². The predicted octanol–water partition coefficient (Wildman–Crippen LogP) is 4.02. The van der Waals surface area contributed by atoms with E-state index in [1.54, 1.807) is 31.0 Å². The highest BCUT2D eigenvalue weighted by molar-refractivity contribution is 5.96. The average Bonchev–Trinajstić information content (AvgIpc) is 3.43. The quantitative estimate of drug-likeness (QED) is 0.472. The molecule has 0 aromatic carbocycles. The van der Waals surface area contributed by atoms with Gasteiger partial charge >= 0.3 is 0 Å². The maximum Gasteiger partial charge on any atom is 0.159 e. The van der Waals surface area contributed by atoms with Gasteiger partial charge in [0.15, 0.2) is 11.5 Å². The van der Waals surface area contributed by atoms with Gasteiger partial charge < -0.3 is 4.98 Å². The lowest BCUT2D eigenvalue weighted by Gasteiger charge is -2.01. The molecule has 0 amide bonds. The van der Waals surface area contributed by atoms with Crippen LogP contribution in [0.5, 0.6) is 0 Å².